The van der Waals surface area contributed by atoms with E-state index in [0.717, 1.165) is 10.9 Å². The quantitative estimate of drug-likeness (QED) is 0.925. The van der Waals surface area contributed by atoms with Gasteiger partial charge < -0.3 is 9.88 Å². The van der Waals surface area contributed by atoms with E-state index in [1.165, 1.54) is 4.31 Å². The number of rotatable bonds is 3. The van der Waals surface area contributed by atoms with Crippen molar-refractivity contribution < 1.29 is 13.2 Å². The van der Waals surface area contributed by atoms with Gasteiger partial charge in [-0.1, -0.05) is 6.07 Å². The number of sulfonamides is 1. The van der Waals surface area contributed by atoms with Crippen molar-refractivity contribution in [1.29, 1.82) is 0 Å². The summed E-state index contributed by atoms with van der Waals surface area (Å²) in [5.74, 6) is 0.0507. The minimum absolute atomic E-state index is 0.0509. The van der Waals surface area contributed by atoms with Gasteiger partial charge in [0.2, 0.25) is 10.0 Å². The van der Waals surface area contributed by atoms with Crippen LogP contribution in [-0.2, 0) is 10.0 Å². The molecule has 3 rings (SSSR count). The Balaban J connectivity index is 1.71. The second-order valence-electron chi connectivity index (χ2n) is 5.37. The van der Waals surface area contributed by atoms with E-state index >= 15 is 0 Å². The lowest BCUT2D eigenvalue weighted by Crippen LogP contribution is -2.50. The van der Waals surface area contributed by atoms with Gasteiger partial charge in [-0.25, -0.2) is 8.42 Å². The van der Waals surface area contributed by atoms with Crippen molar-refractivity contribution in [3.8, 4) is 0 Å². The lowest BCUT2D eigenvalue weighted by atomic mass is 10.1. The molecule has 1 N–H and O–H groups in total. The number of aromatic amines is 1. The molecule has 1 amide bonds. The number of nitrogens with zero attached hydrogens (tertiary/aromatic N) is 2. The highest BCUT2D eigenvalue weighted by atomic mass is 32.2. The van der Waals surface area contributed by atoms with Crippen LogP contribution in [0.5, 0.6) is 0 Å². The minimum Gasteiger partial charge on any atom is -0.361 e. The molecule has 1 saturated heterocycles. The van der Waals surface area contributed by atoms with Gasteiger partial charge in [-0.15, -0.1) is 0 Å². The molecule has 7 heteroatoms. The molecule has 0 bridgehead atoms. The van der Waals surface area contributed by atoms with Gasteiger partial charge >= 0.3 is 0 Å². The summed E-state index contributed by atoms with van der Waals surface area (Å²) in [4.78, 5) is 17.3. The number of piperazine rings is 1. The van der Waals surface area contributed by atoms with Gasteiger partial charge in [-0.3, -0.25) is 4.79 Å². The van der Waals surface area contributed by atoms with Crippen LogP contribution in [0.4, 0.5) is 0 Å². The molecule has 22 heavy (non-hydrogen) atoms. The summed E-state index contributed by atoms with van der Waals surface area (Å²) < 4.78 is 25.1. The average molecular weight is 321 g/mol. The van der Waals surface area contributed by atoms with Gasteiger partial charge in [-0.05, 0) is 30.5 Å². The highest BCUT2D eigenvalue weighted by Crippen LogP contribution is 2.17. The Morgan fingerprint density at radius 1 is 1.18 bits per heavy atom. The van der Waals surface area contributed by atoms with E-state index in [1.807, 2.05) is 30.5 Å². The third-order valence-corrected chi connectivity index (χ3v) is 5.97. The largest absolute Gasteiger partial charge is 0.361 e. The summed E-state index contributed by atoms with van der Waals surface area (Å²) in [5, 5.41) is 1.07. The number of carbonyl (C=O) groups excluding carboxylic acids is 1. The number of benzene rings is 1. The lowest BCUT2D eigenvalue weighted by Gasteiger charge is -2.33. The molecule has 2 aromatic rings. The first-order valence-corrected chi connectivity index (χ1v) is 8.96. The van der Waals surface area contributed by atoms with Crippen LogP contribution in [0.3, 0.4) is 0 Å². The SMILES string of the molecule is CCS(=O)(=O)N1CCN(C(=O)c2ccc3cc[nH]c3c2)CC1. The summed E-state index contributed by atoms with van der Waals surface area (Å²) in [5.41, 5.74) is 1.56. The van der Waals surface area contributed by atoms with Crippen molar-refractivity contribution >= 4 is 26.8 Å². The molecule has 1 fully saturated rings. The fourth-order valence-corrected chi connectivity index (χ4v) is 3.80. The van der Waals surface area contributed by atoms with Crippen molar-refractivity contribution in [2.45, 2.75) is 6.92 Å². The van der Waals surface area contributed by atoms with Crippen LogP contribution in [0.1, 0.15) is 17.3 Å². The number of H-pyrrole nitrogens is 1. The normalized spacial score (nSPS) is 17.0. The molecule has 1 aromatic carbocycles. The van der Waals surface area contributed by atoms with E-state index in [1.54, 1.807) is 11.8 Å². The fraction of sp³-hybridized carbons (Fsp3) is 0.400. The van der Waals surface area contributed by atoms with Gasteiger partial charge in [-0.2, -0.15) is 4.31 Å². The Morgan fingerprint density at radius 2 is 1.91 bits per heavy atom. The van der Waals surface area contributed by atoms with Crippen LogP contribution >= 0.6 is 0 Å². The number of fused-ring (bicyclic) bond motifs is 1. The number of hydrogen-bond donors (Lipinski definition) is 1. The van der Waals surface area contributed by atoms with E-state index < -0.39 is 10.0 Å². The molecule has 0 radical (unpaired) electrons. The first-order chi connectivity index (χ1) is 10.5. The third kappa shape index (κ3) is 2.74. The second-order valence-corrected chi connectivity index (χ2v) is 7.63. The van der Waals surface area contributed by atoms with Crippen molar-refractivity contribution in [2.24, 2.45) is 0 Å². The van der Waals surface area contributed by atoms with Gasteiger partial charge in [0.15, 0.2) is 0 Å². The van der Waals surface area contributed by atoms with Crippen LogP contribution < -0.4 is 0 Å². The molecule has 1 aliphatic rings. The third-order valence-electron chi connectivity index (χ3n) is 4.09. The molecule has 0 spiro atoms. The Kier molecular flexibility index (Phi) is 3.92. The lowest BCUT2D eigenvalue weighted by molar-refractivity contribution is 0.0698. The molecule has 0 saturated carbocycles. The summed E-state index contributed by atoms with van der Waals surface area (Å²) in [6.07, 6.45) is 1.84. The molecule has 118 valence electrons. The van der Waals surface area contributed by atoms with Gasteiger partial charge in [0.25, 0.3) is 5.91 Å². The van der Waals surface area contributed by atoms with E-state index in [-0.39, 0.29) is 11.7 Å². The summed E-state index contributed by atoms with van der Waals surface area (Å²) in [6.45, 7) is 3.24. The number of amides is 1. The molecule has 1 aromatic heterocycles. The molecule has 0 unspecified atom stereocenters. The van der Waals surface area contributed by atoms with E-state index in [0.29, 0.717) is 31.7 Å². The zero-order valence-corrected chi connectivity index (χ0v) is 13.3. The van der Waals surface area contributed by atoms with Crippen LogP contribution in [0.15, 0.2) is 30.5 Å². The highest BCUT2D eigenvalue weighted by Gasteiger charge is 2.28. The molecule has 6 nitrogen and oxygen atoms in total. The van der Waals surface area contributed by atoms with Crippen molar-refractivity contribution in [2.75, 3.05) is 31.9 Å². The number of aromatic nitrogens is 1. The summed E-state index contributed by atoms with van der Waals surface area (Å²) >= 11 is 0. The zero-order valence-electron chi connectivity index (χ0n) is 12.4. The van der Waals surface area contributed by atoms with Gasteiger partial charge in [0, 0.05) is 43.5 Å². The van der Waals surface area contributed by atoms with Crippen molar-refractivity contribution in [3.63, 3.8) is 0 Å². The first kappa shape index (κ1) is 15.1. The van der Waals surface area contributed by atoms with Crippen LogP contribution in [0, 0.1) is 0 Å². The van der Waals surface area contributed by atoms with E-state index in [4.69, 9.17) is 0 Å². The Labute approximate surface area is 129 Å². The average Bonchev–Trinajstić information content (AvgIpc) is 3.02. The number of hydrogen-bond acceptors (Lipinski definition) is 3. The maximum atomic E-state index is 12.5. The smallest absolute Gasteiger partial charge is 0.254 e. The standard InChI is InChI=1S/C15H19N3O3S/c1-2-22(20,21)18-9-7-17(8-10-18)15(19)13-4-3-12-5-6-16-14(12)11-13/h3-6,11,16H,2,7-10H2,1H3. The minimum atomic E-state index is -3.17. The van der Waals surface area contributed by atoms with Crippen LogP contribution in [-0.4, -0.2) is 60.4 Å². The monoisotopic (exact) mass is 321 g/mol. The van der Waals surface area contributed by atoms with Crippen LogP contribution in [0.25, 0.3) is 10.9 Å². The predicted molar refractivity (Wildman–Crippen MR) is 85.2 cm³/mol. The van der Waals surface area contributed by atoms with Gasteiger partial charge in [0.1, 0.15) is 0 Å². The number of carbonyl (C=O) groups is 1. The summed E-state index contributed by atoms with van der Waals surface area (Å²) in [7, 11) is -3.17. The van der Waals surface area contributed by atoms with Crippen molar-refractivity contribution in [3.05, 3.63) is 36.0 Å². The Hall–Kier alpha value is -1.86. The molecule has 0 aliphatic carbocycles. The molecule has 0 atom stereocenters. The Bertz CT molecular complexity index is 789. The first-order valence-electron chi connectivity index (χ1n) is 7.35. The van der Waals surface area contributed by atoms with Gasteiger partial charge in [0.05, 0.1) is 5.75 Å². The molecular formula is C15H19N3O3S. The topological polar surface area (TPSA) is 73.5 Å². The highest BCUT2D eigenvalue weighted by molar-refractivity contribution is 7.89. The maximum Gasteiger partial charge on any atom is 0.254 e. The number of nitrogens with one attached hydrogen (secondary N) is 1. The summed E-state index contributed by atoms with van der Waals surface area (Å²) in [6, 6.07) is 7.52. The molecule has 1 aliphatic heterocycles. The van der Waals surface area contributed by atoms with E-state index in [2.05, 4.69) is 4.98 Å². The predicted octanol–water partition coefficient (Wildman–Crippen LogP) is 1.28. The zero-order chi connectivity index (χ0) is 15.7. The van der Waals surface area contributed by atoms with Crippen LogP contribution in [0.2, 0.25) is 0 Å². The fourth-order valence-electron chi connectivity index (χ4n) is 2.72. The van der Waals surface area contributed by atoms with E-state index in [9.17, 15) is 13.2 Å². The second kappa shape index (κ2) is 5.73. The molecule has 2 heterocycles. The Morgan fingerprint density at radius 3 is 2.59 bits per heavy atom. The maximum absolute atomic E-state index is 12.5. The molecular weight excluding hydrogens is 302 g/mol. The van der Waals surface area contributed by atoms with Crippen molar-refractivity contribution in [1.82, 2.24) is 14.2 Å².